The van der Waals surface area contributed by atoms with Gasteiger partial charge in [0.1, 0.15) is 5.69 Å². The molecule has 0 radical (unpaired) electrons. The van der Waals surface area contributed by atoms with Crippen LogP contribution >= 0.6 is 0 Å². The van der Waals surface area contributed by atoms with Gasteiger partial charge in [-0.25, -0.2) is 4.98 Å². The highest BCUT2D eigenvalue weighted by Crippen LogP contribution is 2.27. The topological polar surface area (TPSA) is 93.3 Å². The number of imidazole rings is 1. The van der Waals surface area contributed by atoms with Crippen LogP contribution in [0.3, 0.4) is 0 Å². The van der Waals surface area contributed by atoms with Crippen molar-refractivity contribution in [3.05, 3.63) is 81.9 Å². The molecule has 0 saturated heterocycles. The molecule has 144 valence electrons. The first-order valence-corrected chi connectivity index (χ1v) is 8.67. The second kappa shape index (κ2) is 7.91. The number of carbonyl (C=O) groups is 1. The number of nitro groups is 1. The smallest absolute Gasteiger partial charge is 0.293 e. The first-order valence-electron chi connectivity index (χ1n) is 8.67. The van der Waals surface area contributed by atoms with Gasteiger partial charge in [0, 0.05) is 57.4 Å². The Labute approximate surface area is 162 Å². The quantitative estimate of drug-likeness (QED) is 0.385. The van der Waals surface area contributed by atoms with Gasteiger partial charge in [-0.15, -0.1) is 0 Å². The summed E-state index contributed by atoms with van der Waals surface area (Å²) in [5.74, 6) is -0.127. The summed E-state index contributed by atoms with van der Waals surface area (Å²) in [4.78, 5) is 29.6. The van der Waals surface area contributed by atoms with Crippen LogP contribution in [0.2, 0.25) is 0 Å². The van der Waals surface area contributed by atoms with Gasteiger partial charge in [-0.3, -0.25) is 14.9 Å². The fourth-order valence-electron chi connectivity index (χ4n) is 2.80. The van der Waals surface area contributed by atoms with Crippen LogP contribution in [0.25, 0.3) is 0 Å². The Balaban J connectivity index is 1.80. The molecule has 0 atom stereocenters. The third kappa shape index (κ3) is 4.01. The molecule has 0 fully saturated rings. The van der Waals surface area contributed by atoms with E-state index in [2.05, 4.69) is 10.3 Å². The summed E-state index contributed by atoms with van der Waals surface area (Å²) >= 11 is 0. The van der Waals surface area contributed by atoms with Crippen LogP contribution in [0.4, 0.5) is 17.1 Å². The van der Waals surface area contributed by atoms with Crippen molar-refractivity contribution in [2.75, 3.05) is 24.3 Å². The second-order valence-corrected chi connectivity index (χ2v) is 6.59. The van der Waals surface area contributed by atoms with E-state index in [1.807, 2.05) is 43.3 Å². The predicted molar refractivity (Wildman–Crippen MR) is 108 cm³/mol. The molecule has 3 rings (SSSR count). The van der Waals surface area contributed by atoms with Gasteiger partial charge in [0.15, 0.2) is 5.82 Å². The highest BCUT2D eigenvalue weighted by Gasteiger charge is 2.20. The number of aromatic nitrogens is 2. The molecule has 0 amide bonds. The van der Waals surface area contributed by atoms with Gasteiger partial charge in [-0.2, -0.15) is 0 Å². The Morgan fingerprint density at radius 1 is 1.21 bits per heavy atom. The van der Waals surface area contributed by atoms with Crippen molar-refractivity contribution in [3.63, 3.8) is 0 Å². The zero-order valence-electron chi connectivity index (χ0n) is 15.9. The number of aryl methyl sites for hydroxylation is 1. The number of nitrogens with zero attached hydrogens (tertiary/aromatic N) is 4. The van der Waals surface area contributed by atoms with Crippen LogP contribution in [-0.4, -0.2) is 34.4 Å². The summed E-state index contributed by atoms with van der Waals surface area (Å²) < 4.78 is 1.58. The highest BCUT2D eigenvalue weighted by atomic mass is 16.6. The van der Waals surface area contributed by atoms with Gasteiger partial charge in [-0.05, 0) is 29.8 Å². The Bertz CT molecular complexity index is 1010. The van der Waals surface area contributed by atoms with Crippen LogP contribution in [0.15, 0.2) is 54.9 Å². The first kappa shape index (κ1) is 19.1. The van der Waals surface area contributed by atoms with Crippen LogP contribution < -0.4 is 10.2 Å². The normalized spacial score (nSPS) is 10.5. The average molecular weight is 379 g/mol. The number of ketones is 1. The molecule has 3 aromatic rings. The lowest BCUT2D eigenvalue weighted by molar-refractivity contribution is -0.384. The van der Waals surface area contributed by atoms with E-state index in [4.69, 9.17) is 0 Å². The Morgan fingerprint density at radius 3 is 2.50 bits per heavy atom. The molecule has 8 heteroatoms. The molecule has 0 spiro atoms. The van der Waals surface area contributed by atoms with E-state index in [1.165, 1.54) is 12.3 Å². The molecule has 1 aromatic heterocycles. The zero-order valence-corrected chi connectivity index (χ0v) is 15.9. The molecule has 0 aliphatic rings. The molecule has 0 aliphatic heterocycles. The number of benzene rings is 2. The lowest BCUT2D eigenvalue weighted by atomic mass is 10.1. The number of rotatable bonds is 7. The molecule has 0 bridgehead atoms. The van der Waals surface area contributed by atoms with Crippen molar-refractivity contribution in [3.8, 4) is 0 Å². The maximum Gasteiger partial charge on any atom is 0.293 e. The maximum atomic E-state index is 12.6. The molecule has 1 N–H and O–H groups in total. The average Bonchev–Trinajstić information content (AvgIpc) is 3.11. The lowest BCUT2D eigenvalue weighted by Gasteiger charge is -2.13. The molecule has 1 heterocycles. The monoisotopic (exact) mass is 379 g/mol. The Morgan fingerprint density at radius 2 is 1.93 bits per heavy atom. The number of nitro benzene ring substituents is 1. The van der Waals surface area contributed by atoms with Gasteiger partial charge in [-0.1, -0.05) is 12.1 Å². The maximum absolute atomic E-state index is 12.6. The number of hydrogen-bond acceptors (Lipinski definition) is 6. The molecule has 0 unspecified atom stereocenters. The number of hydrogen-bond donors (Lipinski definition) is 1. The summed E-state index contributed by atoms with van der Waals surface area (Å²) in [6.07, 6.45) is 3.16. The van der Waals surface area contributed by atoms with Crippen LogP contribution in [0.5, 0.6) is 0 Å². The third-order valence-corrected chi connectivity index (χ3v) is 4.42. The van der Waals surface area contributed by atoms with Crippen LogP contribution in [0, 0.1) is 10.1 Å². The van der Waals surface area contributed by atoms with Crippen molar-refractivity contribution < 1.29 is 9.72 Å². The summed E-state index contributed by atoms with van der Waals surface area (Å²) in [5.41, 5.74) is 2.50. The fourth-order valence-corrected chi connectivity index (χ4v) is 2.80. The van der Waals surface area contributed by atoms with Crippen LogP contribution in [0.1, 0.15) is 21.7 Å². The molecular weight excluding hydrogens is 358 g/mol. The molecule has 2 aromatic carbocycles. The first-order chi connectivity index (χ1) is 13.4. The van der Waals surface area contributed by atoms with Gasteiger partial charge >= 0.3 is 0 Å². The van der Waals surface area contributed by atoms with E-state index in [0.717, 1.165) is 11.3 Å². The molecule has 8 nitrogen and oxygen atoms in total. The molecule has 28 heavy (non-hydrogen) atoms. The third-order valence-electron chi connectivity index (χ3n) is 4.42. The number of nitrogens with one attached hydrogen (secondary N) is 1. The summed E-state index contributed by atoms with van der Waals surface area (Å²) in [6, 6.07) is 12.3. The lowest BCUT2D eigenvalue weighted by Crippen LogP contribution is -2.10. The summed E-state index contributed by atoms with van der Waals surface area (Å²) in [7, 11) is 5.63. The van der Waals surface area contributed by atoms with E-state index in [-0.39, 0.29) is 22.9 Å². The van der Waals surface area contributed by atoms with Crippen molar-refractivity contribution >= 4 is 22.8 Å². The molecule has 0 aliphatic carbocycles. The SMILES string of the molecule is CN(C)c1ccc(CNc2ccc(C(=O)c3nccn3C)cc2[N+](=O)[O-])cc1. The minimum absolute atomic E-state index is 0.148. The predicted octanol–water partition coefficient (Wildman–Crippen LogP) is 3.24. The van der Waals surface area contributed by atoms with Crippen molar-refractivity contribution in [2.45, 2.75) is 6.54 Å². The number of carbonyl (C=O) groups excluding carboxylic acids is 1. The van der Waals surface area contributed by atoms with E-state index < -0.39 is 4.92 Å². The summed E-state index contributed by atoms with van der Waals surface area (Å²) in [5, 5.41) is 14.6. The van der Waals surface area contributed by atoms with E-state index >= 15 is 0 Å². The molecular formula is C20H21N5O3. The van der Waals surface area contributed by atoms with Gasteiger partial charge < -0.3 is 14.8 Å². The van der Waals surface area contributed by atoms with E-state index in [0.29, 0.717) is 12.2 Å². The van der Waals surface area contributed by atoms with Gasteiger partial charge in [0.05, 0.1) is 4.92 Å². The Kier molecular flexibility index (Phi) is 5.39. The minimum atomic E-state index is -0.493. The fraction of sp³-hybridized carbons (Fsp3) is 0.200. The molecule has 0 saturated carbocycles. The van der Waals surface area contributed by atoms with Crippen LogP contribution in [-0.2, 0) is 13.6 Å². The second-order valence-electron chi connectivity index (χ2n) is 6.59. The van der Waals surface area contributed by atoms with Gasteiger partial charge in [0.25, 0.3) is 5.69 Å². The van der Waals surface area contributed by atoms with E-state index in [1.54, 1.807) is 29.9 Å². The van der Waals surface area contributed by atoms with Crippen molar-refractivity contribution in [2.24, 2.45) is 7.05 Å². The van der Waals surface area contributed by atoms with Gasteiger partial charge in [0.2, 0.25) is 5.78 Å². The zero-order chi connectivity index (χ0) is 20.3. The highest BCUT2D eigenvalue weighted by molar-refractivity contribution is 6.07. The number of anilines is 2. The van der Waals surface area contributed by atoms with Crippen molar-refractivity contribution in [1.82, 2.24) is 9.55 Å². The van der Waals surface area contributed by atoms with E-state index in [9.17, 15) is 14.9 Å². The van der Waals surface area contributed by atoms with Crippen molar-refractivity contribution in [1.29, 1.82) is 0 Å². The Hall–Kier alpha value is -3.68. The standard InChI is InChI=1S/C20H21N5O3/c1-23(2)16-7-4-14(5-8-16)13-22-17-9-6-15(12-18(17)25(27)28)19(26)20-21-10-11-24(20)3/h4-12,22H,13H2,1-3H3. The largest absolute Gasteiger partial charge is 0.378 e. The minimum Gasteiger partial charge on any atom is -0.378 e. The summed E-state index contributed by atoms with van der Waals surface area (Å²) in [6.45, 7) is 0.432.